The van der Waals surface area contributed by atoms with Gasteiger partial charge in [-0.2, -0.15) is 5.26 Å². The predicted octanol–water partition coefficient (Wildman–Crippen LogP) is 4.67. The van der Waals surface area contributed by atoms with E-state index >= 15 is 0 Å². The van der Waals surface area contributed by atoms with E-state index in [0.29, 0.717) is 33.5 Å². The van der Waals surface area contributed by atoms with Gasteiger partial charge in [0.05, 0.1) is 17.7 Å². The molecule has 0 saturated heterocycles. The molecule has 0 radical (unpaired) electrons. The Hall–Kier alpha value is -2.95. The van der Waals surface area contributed by atoms with Gasteiger partial charge in [0, 0.05) is 11.2 Å². The van der Waals surface area contributed by atoms with Crippen molar-refractivity contribution in [1.82, 2.24) is 14.6 Å². The maximum atomic E-state index is 9.28. The zero-order valence-corrected chi connectivity index (χ0v) is 14.6. The number of benzene rings is 1. The first kappa shape index (κ1) is 15.6. The first-order valence-corrected chi connectivity index (χ1v) is 8.61. The van der Waals surface area contributed by atoms with Crippen LogP contribution in [0.25, 0.3) is 16.2 Å². The predicted molar refractivity (Wildman–Crippen MR) is 98.9 cm³/mol. The highest BCUT2D eigenvalue weighted by atomic mass is 35.5. The molecule has 0 saturated carbocycles. The Labute approximate surface area is 152 Å². The highest BCUT2D eigenvalue weighted by Crippen LogP contribution is 2.37. The van der Waals surface area contributed by atoms with E-state index in [1.807, 2.05) is 17.5 Å². The van der Waals surface area contributed by atoms with Crippen molar-refractivity contribution in [1.29, 1.82) is 5.26 Å². The van der Waals surface area contributed by atoms with Crippen molar-refractivity contribution in [2.24, 2.45) is 0 Å². The average molecular weight is 370 g/mol. The number of imidazole rings is 1. The molecule has 0 atom stereocenters. The molecule has 8 heteroatoms. The third-order valence-electron chi connectivity index (χ3n) is 3.75. The maximum Gasteiger partial charge on any atom is 0.173 e. The zero-order valence-electron chi connectivity index (χ0n) is 13.1. The molecule has 25 heavy (non-hydrogen) atoms. The first-order valence-electron chi connectivity index (χ1n) is 7.35. The summed E-state index contributed by atoms with van der Waals surface area (Å²) in [6.45, 7) is 0. The summed E-state index contributed by atoms with van der Waals surface area (Å²) >= 11 is 7.71. The van der Waals surface area contributed by atoms with Gasteiger partial charge in [-0.3, -0.25) is 5.10 Å². The van der Waals surface area contributed by atoms with Gasteiger partial charge in [-0.15, -0.1) is 11.3 Å². The topological polar surface area (TPSA) is 78.1 Å². The van der Waals surface area contributed by atoms with Crippen LogP contribution in [0.2, 0.25) is 5.02 Å². The second kappa shape index (κ2) is 6.16. The van der Waals surface area contributed by atoms with Gasteiger partial charge in [0.1, 0.15) is 23.1 Å². The van der Waals surface area contributed by atoms with Crippen LogP contribution < -0.4 is 10.1 Å². The van der Waals surface area contributed by atoms with Crippen molar-refractivity contribution in [2.45, 2.75) is 0 Å². The third kappa shape index (κ3) is 2.61. The fraction of sp³-hybridized carbons (Fsp3) is 0.0588. The molecule has 2 N–H and O–H groups in total. The lowest BCUT2D eigenvalue weighted by molar-refractivity contribution is 0.417. The summed E-state index contributed by atoms with van der Waals surface area (Å²) < 4.78 is 7.15. The number of nitrogens with zero attached hydrogens (tertiary/aromatic N) is 3. The van der Waals surface area contributed by atoms with Gasteiger partial charge in [0.2, 0.25) is 0 Å². The van der Waals surface area contributed by atoms with E-state index in [1.165, 1.54) is 0 Å². The van der Waals surface area contributed by atoms with Gasteiger partial charge in [0.15, 0.2) is 11.5 Å². The number of nitriles is 1. The van der Waals surface area contributed by atoms with E-state index in [-0.39, 0.29) is 0 Å². The average Bonchev–Trinajstić information content (AvgIpc) is 3.32. The zero-order chi connectivity index (χ0) is 17.4. The molecule has 0 bridgehead atoms. The van der Waals surface area contributed by atoms with Crippen molar-refractivity contribution in [3.63, 3.8) is 0 Å². The third-order valence-corrected chi connectivity index (χ3v) is 4.86. The van der Waals surface area contributed by atoms with E-state index in [4.69, 9.17) is 16.3 Å². The summed E-state index contributed by atoms with van der Waals surface area (Å²) in [6, 6.07) is 11.4. The first-order chi connectivity index (χ1) is 12.2. The smallest absolute Gasteiger partial charge is 0.173 e. The SMILES string of the molecule is COc1ccc(Cl)cc1Nc1c(-c2cccs2)nc2c(C#N)c[nH]n12. The number of thiophene rings is 1. The Bertz CT molecular complexity index is 1090. The highest BCUT2D eigenvalue weighted by Gasteiger charge is 2.20. The molecule has 6 nitrogen and oxygen atoms in total. The largest absolute Gasteiger partial charge is 0.495 e. The van der Waals surface area contributed by atoms with E-state index in [9.17, 15) is 5.26 Å². The molecule has 0 aliphatic carbocycles. The van der Waals surface area contributed by atoms with E-state index < -0.39 is 0 Å². The molecule has 3 heterocycles. The minimum absolute atomic E-state index is 0.476. The van der Waals surface area contributed by atoms with Crippen molar-refractivity contribution in [2.75, 3.05) is 12.4 Å². The Morgan fingerprint density at radius 1 is 1.40 bits per heavy atom. The number of H-pyrrole nitrogens is 1. The van der Waals surface area contributed by atoms with E-state index in [0.717, 1.165) is 10.6 Å². The minimum atomic E-state index is 0.476. The van der Waals surface area contributed by atoms with Crippen molar-refractivity contribution in [3.05, 3.63) is 52.5 Å². The fourth-order valence-corrected chi connectivity index (χ4v) is 3.50. The van der Waals surface area contributed by atoms with Crippen LogP contribution >= 0.6 is 22.9 Å². The van der Waals surface area contributed by atoms with Crippen LogP contribution in [0.4, 0.5) is 11.5 Å². The number of hydrogen-bond donors (Lipinski definition) is 2. The molecule has 0 fully saturated rings. The van der Waals surface area contributed by atoms with Crippen LogP contribution in [0.15, 0.2) is 41.9 Å². The van der Waals surface area contributed by atoms with Crippen LogP contribution in [0.3, 0.4) is 0 Å². The maximum absolute atomic E-state index is 9.28. The number of hydrogen-bond acceptors (Lipinski definition) is 5. The van der Waals surface area contributed by atoms with Crippen molar-refractivity contribution < 1.29 is 4.74 Å². The number of halogens is 1. The molecule has 1 aromatic carbocycles. The van der Waals surface area contributed by atoms with Gasteiger partial charge in [-0.25, -0.2) is 9.50 Å². The quantitative estimate of drug-likeness (QED) is 0.548. The molecular formula is C17H12ClN5OS. The number of rotatable bonds is 4. The van der Waals surface area contributed by atoms with Gasteiger partial charge < -0.3 is 10.1 Å². The monoisotopic (exact) mass is 369 g/mol. The second-order valence-corrected chi connectivity index (χ2v) is 6.60. The number of anilines is 2. The van der Waals surface area contributed by atoms with Crippen LogP contribution in [-0.2, 0) is 0 Å². The lowest BCUT2D eigenvalue weighted by Gasteiger charge is -2.12. The molecule has 0 aliphatic heterocycles. The lowest BCUT2D eigenvalue weighted by atomic mass is 10.2. The molecular weight excluding hydrogens is 358 g/mol. The Morgan fingerprint density at radius 2 is 2.28 bits per heavy atom. The van der Waals surface area contributed by atoms with Crippen LogP contribution in [0.5, 0.6) is 5.75 Å². The summed E-state index contributed by atoms with van der Waals surface area (Å²) in [5.74, 6) is 1.36. The van der Waals surface area contributed by atoms with Gasteiger partial charge in [-0.05, 0) is 29.6 Å². The fourth-order valence-electron chi connectivity index (χ4n) is 2.61. The molecule has 124 valence electrons. The van der Waals surface area contributed by atoms with Gasteiger partial charge in [0.25, 0.3) is 0 Å². The van der Waals surface area contributed by atoms with Crippen LogP contribution in [-0.4, -0.2) is 21.7 Å². The summed E-state index contributed by atoms with van der Waals surface area (Å²) in [7, 11) is 1.60. The van der Waals surface area contributed by atoms with Crippen molar-refractivity contribution >= 4 is 40.1 Å². The summed E-state index contributed by atoms with van der Waals surface area (Å²) in [4.78, 5) is 5.63. The normalized spacial score (nSPS) is 10.8. The number of nitrogens with one attached hydrogen (secondary N) is 2. The number of aromatic nitrogens is 3. The second-order valence-electron chi connectivity index (χ2n) is 5.21. The molecule has 0 spiro atoms. The molecule has 4 aromatic rings. The number of aromatic amines is 1. The molecule has 0 aliphatic rings. The lowest BCUT2D eigenvalue weighted by Crippen LogP contribution is -1.99. The number of methoxy groups -OCH3 is 1. The minimum Gasteiger partial charge on any atom is -0.495 e. The molecule has 4 rings (SSSR count). The van der Waals surface area contributed by atoms with Crippen LogP contribution in [0, 0.1) is 11.3 Å². The molecule has 3 aromatic heterocycles. The number of fused-ring (bicyclic) bond motifs is 1. The van der Waals surface area contributed by atoms with Crippen molar-refractivity contribution in [3.8, 4) is 22.4 Å². The van der Waals surface area contributed by atoms with Crippen LogP contribution in [0.1, 0.15) is 5.56 Å². The van der Waals surface area contributed by atoms with Gasteiger partial charge >= 0.3 is 0 Å². The van der Waals surface area contributed by atoms with E-state index in [2.05, 4.69) is 21.5 Å². The summed E-state index contributed by atoms with van der Waals surface area (Å²) in [5, 5.41) is 18.3. The summed E-state index contributed by atoms with van der Waals surface area (Å²) in [5.41, 5.74) is 2.50. The van der Waals surface area contributed by atoms with E-state index in [1.54, 1.807) is 47.4 Å². The Balaban J connectivity index is 1.92. The molecule has 0 unspecified atom stereocenters. The Morgan fingerprint density at radius 3 is 3.00 bits per heavy atom. The molecule has 0 amide bonds. The highest BCUT2D eigenvalue weighted by molar-refractivity contribution is 7.13. The summed E-state index contributed by atoms with van der Waals surface area (Å²) in [6.07, 6.45) is 1.63. The number of ether oxygens (including phenoxy) is 1. The Kier molecular flexibility index (Phi) is 3.84. The standard InChI is InChI=1S/C17H12ClN5OS/c1-24-13-5-4-11(18)7-12(13)21-17-15(14-3-2-6-25-14)22-16-10(8-19)9-20-23(16)17/h2-7,9,20-21H,1H3. The van der Waals surface area contributed by atoms with Gasteiger partial charge in [-0.1, -0.05) is 17.7 Å².